The number of piperidine rings is 1. The van der Waals surface area contributed by atoms with Gasteiger partial charge in [0.1, 0.15) is 5.56 Å². The summed E-state index contributed by atoms with van der Waals surface area (Å²) in [6.45, 7) is 12.9. The number of carbonyl (C=O) groups is 1. The number of likely N-dealkylation sites (tertiary alicyclic amines) is 1. The van der Waals surface area contributed by atoms with E-state index in [0.29, 0.717) is 29.4 Å². The lowest BCUT2D eigenvalue weighted by Gasteiger charge is -2.34. The summed E-state index contributed by atoms with van der Waals surface area (Å²) in [6, 6.07) is 20.8. The van der Waals surface area contributed by atoms with Crippen LogP contribution in [0.25, 0.3) is 0 Å². The van der Waals surface area contributed by atoms with Crippen LogP contribution >= 0.6 is 0 Å². The van der Waals surface area contributed by atoms with Crippen LogP contribution in [0, 0.1) is 13.8 Å². The lowest BCUT2D eigenvalue weighted by Crippen LogP contribution is -2.37. The predicted molar refractivity (Wildman–Crippen MR) is 181 cm³/mol. The van der Waals surface area contributed by atoms with E-state index >= 15 is 0 Å². The number of anilines is 3. The number of rotatable bonds is 11. The van der Waals surface area contributed by atoms with Crippen molar-refractivity contribution in [1.29, 1.82) is 0 Å². The zero-order valence-electron chi connectivity index (χ0n) is 27.3. The standard InChI is InChI=1S/C37H45N5O3/c1-7-9-27-12-17-32(33(22-27)44-6)45-36-31(35(43)40-34-25(4)10-8-11-26(34)5)23-38-37(41-36)39-30-15-13-28(14-16-30)29-18-20-42(21-19-29)24(2)3/h8,10-17,22-24,29H,7,9,18-21H2,1-6H3,(H,40,43)(H,38,39,41). The maximum Gasteiger partial charge on any atom is 0.262 e. The first-order valence-corrected chi connectivity index (χ1v) is 16.0. The van der Waals surface area contributed by atoms with Crippen molar-refractivity contribution in [2.75, 3.05) is 30.8 Å². The quantitative estimate of drug-likeness (QED) is 0.177. The second-order valence-corrected chi connectivity index (χ2v) is 12.1. The molecule has 1 fully saturated rings. The second-order valence-electron chi connectivity index (χ2n) is 12.1. The Labute approximate surface area is 267 Å². The number of methoxy groups -OCH3 is 1. The van der Waals surface area contributed by atoms with E-state index < -0.39 is 0 Å². The molecular formula is C37H45N5O3. The van der Waals surface area contributed by atoms with Gasteiger partial charge in [-0.15, -0.1) is 0 Å². The van der Waals surface area contributed by atoms with E-state index in [9.17, 15) is 4.79 Å². The van der Waals surface area contributed by atoms with Crippen LogP contribution in [0.5, 0.6) is 17.4 Å². The average Bonchev–Trinajstić information content (AvgIpc) is 3.04. The van der Waals surface area contributed by atoms with E-state index in [4.69, 9.17) is 9.47 Å². The normalized spacial score (nSPS) is 13.9. The zero-order chi connectivity index (χ0) is 31.9. The molecule has 45 heavy (non-hydrogen) atoms. The molecule has 0 radical (unpaired) electrons. The van der Waals surface area contributed by atoms with Gasteiger partial charge in [-0.25, -0.2) is 4.98 Å². The summed E-state index contributed by atoms with van der Waals surface area (Å²) >= 11 is 0. The molecule has 2 N–H and O–H groups in total. The molecule has 4 aromatic rings. The number of aryl methyl sites for hydroxylation is 3. The maximum absolute atomic E-state index is 13.6. The predicted octanol–water partition coefficient (Wildman–Crippen LogP) is 8.43. The highest BCUT2D eigenvalue weighted by Gasteiger charge is 2.23. The van der Waals surface area contributed by atoms with E-state index in [1.807, 2.05) is 50.2 Å². The molecule has 5 rings (SSSR count). The van der Waals surface area contributed by atoms with Crippen LogP contribution in [0.4, 0.5) is 17.3 Å². The van der Waals surface area contributed by atoms with Crippen LogP contribution in [-0.4, -0.2) is 47.0 Å². The number of nitrogens with one attached hydrogen (secondary N) is 2. The fourth-order valence-corrected chi connectivity index (χ4v) is 5.91. The van der Waals surface area contributed by atoms with Crippen molar-refractivity contribution in [3.05, 3.63) is 94.7 Å². The first-order valence-electron chi connectivity index (χ1n) is 16.0. The van der Waals surface area contributed by atoms with Crippen molar-refractivity contribution in [2.45, 2.75) is 72.3 Å². The van der Waals surface area contributed by atoms with E-state index in [1.165, 1.54) is 24.6 Å². The molecule has 8 nitrogen and oxygen atoms in total. The molecule has 1 aliphatic rings. The molecule has 0 saturated carbocycles. The molecule has 0 aliphatic carbocycles. The van der Waals surface area contributed by atoms with Gasteiger partial charge in [0.15, 0.2) is 11.5 Å². The van der Waals surface area contributed by atoms with Gasteiger partial charge in [-0.2, -0.15) is 4.98 Å². The highest BCUT2D eigenvalue weighted by molar-refractivity contribution is 6.06. The van der Waals surface area contributed by atoms with E-state index in [-0.39, 0.29) is 17.4 Å². The number of carbonyl (C=O) groups excluding carboxylic acids is 1. The summed E-state index contributed by atoms with van der Waals surface area (Å²) in [5.74, 6) is 1.71. The Morgan fingerprint density at radius 3 is 2.36 bits per heavy atom. The molecule has 1 aromatic heterocycles. The van der Waals surface area contributed by atoms with Crippen LogP contribution in [0.3, 0.4) is 0 Å². The number of hydrogen-bond donors (Lipinski definition) is 2. The Kier molecular flexibility index (Phi) is 10.4. The zero-order valence-corrected chi connectivity index (χ0v) is 27.3. The molecule has 2 heterocycles. The minimum atomic E-state index is -0.358. The van der Waals surface area contributed by atoms with Gasteiger partial charge in [0, 0.05) is 23.6 Å². The summed E-state index contributed by atoms with van der Waals surface area (Å²) in [4.78, 5) is 25.3. The monoisotopic (exact) mass is 607 g/mol. The minimum absolute atomic E-state index is 0.131. The van der Waals surface area contributed by atoms with Gasteiger partial charge in [-0.05, 0) is 112 Å². The summed E-state index contributed by atoms with van der Waals surface area (Å²) < 4.78 is 12.0. The second kappa shape index (κ2) is 14.6. The molecule has 0 spiro atoms. The molecule has 0 bridgehead atoms. The van der Waals surface area contributed by atoms with Crippen molar-refractivity contribution < 1.29 is 14.3 Å². The summed E-state index contributed by atoms with van der Waals surface area (Å²) in [5.41, 5.74) is 6.26. The average molecular weight is 608 g/mol. The fourth-order valence-electron chi connectivity index (χ4n) is 5.91. The Bertz CT molecular complexity index is 1590. The lowest BCUT2D eigenvalue weighted by molar-refractivity contribution is 0.102. The molecule has 236 valence electrons. The van der Waals surface area contributed by atoms with Gasteiger partial charge >= 0.3 is 0 Å². The van der Waals surface area contributed by atoms with Gasteiger partial charge < -0.3 is 25.0 Å². The van der Waals surface area contributed by atoms with Crippen LogP contribution in [0.15, 0.2) is 66.9 Å². The number of hydrogen-bond acceptors (Lipinski definition) is 7. The highest BCUT2D eigenvalue weighted by atomic mass is 16.5. The van der Waals surface area contributed by atoms with Crippen LogP contribution < -0.4 is 20.1 Å². The Morgan fingerprint density at radius 1 is 1.00 bits per heavy atom. The lowest BCUT2D eigenvalue weighted by atomic mass is 9.89. The summed E-state index contributed by atoms with van der Waals surface area (Å²) in [6.07, 6.45) is 5.79. The molecule has 8 heteroatoms. The highest BCUT2D eigenvalue weighted by Crippen LogP contribution is 2.35. The van der Waals surface area contributed by atoms with Crippen molar-refractivity contribution in [2.24, 2.45) is 0 Å². The fraction of sp³-hybridized carbons (Fsp3) is 0.378. The van der Waals surface area contributed by atoms with Crippen molar-refractivity contribution in [1.82, 2.24) is 14.9 Å². The number of nitrogens with zero attached hydrogens (tertiary/aromatic N) is 3. The first-order chi connectivity index (χ1) is 21.7. The smallest absolute Gasteiger partial charge is 0.262 e. The van der Waals surface area contributed by atoms with E-state index in [2.05, 4.69) is 70.5 Å². The Balaban J connectivity index is 1.40. The number of benzene rings is 3. The Hall–Kier alpha value is -4.43. The van der Waals surface area contributed by atoms with Crippen molar-refractivity contribution >= 4 is 23.2 Å². The number of amides is 1. The van der Waals surface area contributed by atoms with Gasteiger partial charge in [-0.3, -0.25) is 4.79 Å². The minimum Gasteiger partial charge on any atom is -0.493 e. The van der Waals surface area contributed by atoms with Crippen LogP contribution in [0.2, 0.25) is 0 Å². The number of para-hydroxylation sites is 1. The SMILES string of the molecule is CCCc1ccc(Oc2nc(Nc3ccc(C4CCN(C(C)C)CC4)cc3)ncc2C(=O)Nc2c(C)cccc2C)c(OC)c1. The van der Waals surface area contributed by atoms with Gasteiger partial charge in [0.2, 0.25) is 11.8 Å². The third kappa shape index (κ3) is 7.81. The number of ether oxygens (including phenoxy) is 2. The molecule has 1 saturated heterocycles. The molecule has 0 atom stereocenters. The largest absolute Gasteiger partial charge is 0.493 e. The number of aromatic nitrogens is 2. The van der Waals surface area contributed by atoms with E-state index in [0.717, 1.165) is 54.0 Å². The molecular weight excluding hydrogens is 562 g/mol. The third-order valence-corrected chi connectivity index (χ3v) is 8.59. The Morgan fingerprint density at radius 2 is 1.71 bits per heavy atom. The third-order valence-electron chi connectivity index (χ3n) is 8.59. The topological polar surface area (TPSA) is 88.6 Å². The van der Waals surface area contributed by atoms with Gasteiger partial charge in [-0.1, -0.05) is 49.7 Å². The molecule has 3 aromatic carbocycles. The van der Waals surface area contributed by atoms with Gasteiger partial charge in [0.05, 0.1) is 7.11 Å². The van der Waals surface area contributed by atoms with Crippen LogP contribution in [0.1, 0.15) is 78.6 Å². The molecule has 0 unspecified atom stereocenters. The maximum atomic E-state index is 13.6. The van der Waals surface area contributed by atoms with Gasteiger partial charge in [0.25, 0.3) is 5.91 Å². The van der Waals surface area contributed by atoms with Crippen molar-refractivity contribution in [3.63, 3.8) is 0 Å². The molecule has 1 aliphatic heterocycles. The van der Waals surface area contributed by atoms with Crippen LogP contribution in [-0.2, 0) is 6.42 Å². The summed E-state index contributed by atoms with van der Waals surface area (Å²) in [7, 11) is 1.61. The molecule has 1 amide bonds. The van der Waals surface area contributed by atoms with E-state index in [1.54, 1.807) is 7.11 Å². The first kappa shape index (κ1) is 32.0. The van der Waals surface area contributed by atoms with Crippen molar-refractivity contribution in [3.8, 4) is 17.4 Å². The summed E-state index contributed by atoms with van der Waals surface area (Å²) in [5, 5.41) is 6.33.